The third-order valence-electron chi connectivity index (χ3n) is 6.57. The summed E-state index contributed by atoms with van der Waals surface area (Å²) in [6.07, 6.45) is 8.16. The number of amidine groups is 1. The van der Waals surface area contributed by atoms with Crippen molar-refractivity contribution in [1.29, 1.82) is 0 Å². The van der Waals surface area contributed by atoms with Crippen LogP contribution in [0.4, 0.5) is 0 Å². The topological polar surface area (TPSA) is 15.6 Å². The van der Waals surface area contributed by atoms with Crippen LogP contribution in [-0.2, 0) is 5.75 Å². The summed E-state index contributed by atoms with van der Waals surface area (Å²) in [5, 5.41) is 1.31. The number of nitrogens with zero attached hydrogens (tertiary/aromatic N) is 2. The highest BCUT2D eigenvalue weighted by Crippen LogP contribution is 2.32. The lowest BCUT2D eigenvalue weighted by atomic mass is 9.90. The summed E-state index contributed by atoms with van der Waals surface area (Å²) < 4.78 is 0. The van der Waals surface area contributed by atoms with Crippen LogP contribution in [0.1, 0.15) is 71.9 Å². The van der Waals surface area contributed by atoms with Crippen LogP contribution < -0.4 is 0 Å². The van der Waals surface area contributed by atoms with Crippen LogP contribution in [0.15, 0.2) is 4.99 Å². The van der Waals surface area contributed by atoms with Crippen molar-refractivity contribution in [1.82, 2.24) is 4.90 Å². The molecule has 1 heterocycles. The lowest BCUT2D eigenvalue weighted by Gasteiger charge is -2.38. The fourth-order valence-corrected chi connectivity index (χ4v) is 5.69. The molecule has 1 aromatic carbocycles. The van der Waals surface area contributed by atoms with Crippen molar-refractivity contribution in [3.8, 4) is 0 Å². The van der Waals surface area contributed by atoms with Gasteiger partial charge >= 0.3 is 0 Å². The molecule has 0 N–H and O–H groups in total. The average Bonchev–Trinajstić information content (AvgIpc) is 2.66. The van der Waals surface area contributed by atoms with E-state index in [1.54, 1.807) is 0 Å². The van der Waals surface area contributed by atoms with Crippen molar-refractivity contribution in [3.63, 3.8) is 0 Å². The molecule has 1 aliphatic heterocycles. The normalized spacial score (nSPS) is 19.2. The van der Waals surface area contributed by atoms with E-state index in [0.717, 1.165) is 18.3 Å². The Labute approximate surface area is 158 Å². The zero-order valence-corrected chi connectivity index (χ0v) is 17.6. The van der Waals surface area contributed by atoms with Crippen LogP contribution in [0, 0.1) is 34.6 Å². The molecule has 0 spiro atoms. The predicted molar refractivity (Wildman–Crippen MR) is 112 cm³/mol. The average molecular weight is 359 g/mol. The van der Waals surface area contributed by atoms with Gasteiger partial charge in [-0.25, -0.2) is 0 Å². The molecule has 1 fully saturated rings. The molecule has 2 nitrogen and oxygen atoms in total. The number of thioether (sulfide) groups is 1. The molecule has 1 aliphatic carbocycles. The predicted octanol–water partition coefficient (Wildman–Crippen LogP) is 5.86. The first-order valence-electron chi connectivity index (χ1n) is 10.0. The standard InChI is InChI=1S/C22H34N2S/c1-15-16(2)18(4)21(19(5)17(15)3)14-25-22-23-12-9-13-24(22)20-10-7-6-8-11-20/h20H,6-14H2,1-5H3. The van der Waals surface area contributed by atoms with Gasteiger partial charge in [-0.05, 0) is 87.3 Å². The van der Waals surface area contributed by atoms with Gasteiger partial charge in [0.15, 0.2) is 5.17 Å². The Kier molecular flexibility index (Phi) is 6.14. The third-order valence-corrected chi connectivity index (χ3v) is 7.62. The maximum atomic E-state index is 4.93. The van der Waals surface area contributed by atoms with Crippen molar-refractivity contribution in [2.45, 2.75) is 84.9 Å². The Morgan fingerprint density at radius 1 is 0.840 bits per heavy atom. The second kappa shape index (κ2) is 8.16. The quantitative estimate of drug-likeness (QED) is 0.673. The van der Waals surface area contributed by atoms with Gasteiger partial charge in [0, 0.05) is 24.9 Å². The maximum absolute atomic E-state index is 4.93. The molecule has 0 aromatic heterocycles. The van der Waals surface area contributed by atoms with E-state index in [2.05, 4.69) is 39.5 Å². The Balaban J connectivity index is 1.77. The van der Waals surface area contributed by atoms with Crippen molar-refractivity contribution in [2.75, 3.05) is 13.1 Å². The maximum Gasteiger partial charge on any atom is 0.159 e. The zero-order chi connectivity index (χ0) is 18.0. The largest absolute Gasteiger partial charge is 0.348 e. The molecule has 138 valence electrons. The summed E-state index contributed by atoms with van der Waals surface area (Å²) in [6.45, 7) is 13.6. The van der Waals surface area contributed by atoms with Crippen LogP contribution in [-0.4, -0.2) is 29.2 Å². The van der Waals surface area contributed by atoms with E-state index < -0.39 is 0 Å². The fraction of sp³-hybridized carbons (Fsp3) is 0.682. The number of rotatable bonds is 3. The highest BCUT2D eigenvalue weighted by atomic mass is 32.2. The molecular formula is C22H34N2S. The molecular weight excluding hydrogens is 324 g/mol. The van der Waals surface area contributed by atoms with Gasteiger partial charge in [0.2, 0.25) is 0 Å². The summed E-state index contributed by atoms with van der Waals surface area (Å²) in [7, 11) is 0. The molecule has 25 heavy (non-hydrogen) atoms. The molecule has 1 aromatic rings. The Bertz CT molecular complexity index is 627. The first-order valence-corrected chi connectivity index (χ1v) is 11.0. The van der Waals surface area contributed by atoms with E-state index in [1.165, 1.54) is 83.6 Å². The van der Waals surface area contributed by atoms with Gasteiger partial charge in [-0.3, -0.25) is 4.99 Å². The second-order valence-electron chi connectivity index (χ2n) is 7.90. The van der Waals surface area contributed by atoms with Crippen LogP contribution in [0.5, 0.6) is 0 Å². The summed E-state index contributed by atoms with van der Waals surface area (Å²) in [6, 6.07) is 0.740. The van der Waals surface area contributed by atoms with Crippen LogP contribution in [0.25, 0.3) is 0 Å². The van der Waals surface area contributed by atoms with Gasteiger partial charge in [0.05, 0.1) is 0 Å². The van der Waals surface area contributed by atoms with Gasteiger partial charge in [-0.15, -0.1) is 0 Å². The minimum absolute atomic E-state index is 0.740. The van der Waals surface area contributed by atoms with Gasteiger partial charge in [0.25, 0.3) is 0 Å². The Hall–Kier alpha value is -0.960. The first kappa shape index (κ1) is 18.8. The summed E-state index contributed by atoms with van der Waals surface area (Å²) in [5.41, 5.74) is 8.88. The van der Waals surface area contributed by atoms with Gasteiger partial charge < -0.3 is 4.90 Å². The van der Waals surface area contributed by atoms with Crippen molar-refractivity contribution in [3.05, 3.63) is 33.4 Å². The second-order valence-corrected chi connectivity index (χ2v) is 8.84. The van der Waals surface area contributed by atoms with E-state index in [-0.39, 0.29) is 0 Å². The fourth-order valence-electron chi connectivity index (χ4n) is 4.39. The SMILES string of the molecule is Cc1c(C)c(C)c(CSC2=NCCCN2C2CCCCC2)c(C)c1C. The van der Waals surface area contributed by atoms with E-state index in [0.29, 0.717) is 0 Å². The van der Waals surface area contributed by atoms with E-state index >= 15 is 0 Å². The monoisotopic (exact) mass is 358 g/mol. The Morgan fingerprint density at radius 3 is 2.08 bits per heavy atom. The molecule has 1 saturated carbocycles. The number of hydrogen-bond acceptors (Lipinski definition) is 3. The van der Waals surface area contributed by atoms with Gasteiger partial charge in [-0.2, -0.15) is 0 Å². The van der Waals surface area contributed by atoms with Crippen molar-refractivity contribution in [2.24, 2.45) is 4.99 Å². The highest BCUT2D eigenvalue weighted by Gasteiger charge is 2.26. The van der Waals surface area contributed by atoms with Gasteiger partial charge in [-0.1, -0.05) is 31.0 Å². The summed E-state index contributed by atoms with van der Waals surface area (Å²) in [5.74, 6) is 1.06. The highest BCUT2D eigenvalue weighted by molar-refractivity contribution is 8.13. The minimum atomic E-state index is 0.740. The molecule has 3 heteroatoms. The van der Waals surface area contributed by atoms with E-state index in [9.17, 15) is 0 Å². The van der Waals surface area contributed by atoms with Crippen molar-refractivity contribution >= 4 is 16.9 Å². The molecule has 0 bridgehead atoms. The van der Waals surface area contributed by atoms with Crippen LogP contribution in [0.3, 0.4) is 0 Å². The molecule has 3 rings (SSSR count). The lowest BCUT2D eigenvalue weighted by molar-refractivity contribution is 0.239. The summed E-state index contributed by atoms with van der Waals surface area (Å²) >= 11 is 1.98. The zero-order valence-electron chi connectivity index (χ0n) is 16.7. The first-order chi connectivity index (χ1) is 12.0. The van der Waals surface area contributed by atoms with E-state index in [4.69, 9.17) is 4.99 Å². The number of aliphatic imine (C=N–C) groups is 1. The Morgan fingerprint density at radius 2 is 1.44 bits per heavy atom. The van der Waals surface area contributed by atoms with Crippen LogP contribution >= 0.6 is 11.8 Å². The lowest BCUT2D eigenvalue weighted by Crippen LogP contribution is -2.43. The third kappa shape index (κ3) is 3.92. The molecule has 0 unspecified atom stereocenters. The molecule has 0 atom stereocenters. The summed E-state index contributed by atoms with van der Waals surface area (Å²) in [4.78, 5) is 7.57. The smallest absolute Gasteiger partial charge is 0.159 e. The number of benzene rings is 1. The van der Waals surface area contributed by atoms with Gasteiger partial charge in [0.1, 0.15) is 0 Å². The number of hydrogen-bond donors (Lipinski definition) is 0. The molecule has 0 saturated heterocycles. The van der Waals surface area contributed by atoms with E-state index in [1.807, 2.05) is 11.8 Å². The minimum Gasteiger partial charge on any atom is -0.348 e. The molecule has 0 radical (unpaired) electrons. The molecule has 0 amide bonds. The van der Waals surface area contributed by atoms with Crippen molar-refractivity contribution < 1.29 is 0 Å². The molecule has 2 aliphatic rings. The van der Waals surface area contributed by atoms with Crippen LogP contribution in [0.2, 0.25) is 0 Å².